The molecule has 2 aromatic carbocycles. The van der Waals surface area contributed by atoms with Gasteiger partial charge in [0, 0.05) is 55.5 Å². The first-order valence-electron chi connectivity index (χ1n) is 10.5. The number of anilines is 1. The van der Waals surface area contributed by atoms with Crippen LogP contribution in [0.1, 0.15) is 46.8 Å². The molecule has 0 aliphatic carbocycles. The molecule has 7 heteroatoms. The summed E-state index contributed by atoms with van der Waals surface area (Å²) in [6, 6.07) is 9.45. The number of likely N-dealkylation sites (tertiary alicyclic amines) is 1. The Morgan fingerprint density at radius 2 is 1.77 bits per heavy atom. The molecule has 2 N–H and O–H groups in total. The largest absolute Gasteiger partial charge is 0.496 e. The molecular weight excluding hydrogens is 394 g/mol. The van der Waals surface area contributed by atoms with E-state index in [0.717, 1.165) is 54.1 Å². The van der Waals surface area contributed by atoms with Gasteiger partial charge in [-0.1, -0.05) is 6.07 Å². The van der Waals surface area contributed by atoms with E-state index >= 15 is 0 Å². The summed E-state index contributed by atoms with van der Waals surface area (Å²) in [6.45, 7) is 6.13. The van der Waals surface area contributed by atoms with Gasteiger partial charge >= 0.3 is 0 Å². The SMILES string of the molecule is COc1ccc(CNCc2cc(NC(C)=O)cc(C(=O)N3CCCC3)c2)c(OC)c1C. The molecule has 0 unspecified atom stereocenters. The van der Waals surface area contributed by atoms with Crippen molar-refractivity contribution >= 4 is 17.5 Å². The lowest BCUT2D eigenvalue weighted by Crippen LogP contribution is -2.28. The number of hydrogen-bond donors (Lipinski definition) is 2. The van der Waals surface area contributed by atoms with Gasteiger partial charge in [0.25, 0.3) is 5.91 Å². The molecule has 1 fully saturated rings. The van der Waals surface area contributed by atoms with Gasteiger partial charge in [-0.25, -0.2) is 0 Å². The van der Waals surface area contributed by atoms with Crippen molar-refractivity contribution in [3.63, 3.8) is 0 Å². The Hall–Kier alpha value is -3.06. The maximum Gasteiger partial charge on any atom is 0.253 e. The summed E-state index contributed by atoms with van der Waals surface area (Å²) < 4.78 is 10.9. The van der Waals surface area contributed by atoms with Crippen LogP contribution in [0.25, 0.3) is 0 Å². The molecule has 0 bridgehead atoms. The molecule has 166 valence electrons. The summed E-state index contributed by atoms with van der Waals surface area (Å²) in [4.78, 5) is 26.3. The molecule has 1 saturated heterocycles. The van der Waals surface area contributed by atoms with Gasteiger partial charge in [-0.05, 0) is 49.6 Å². The lowest BCUT2D eigenvalue weighted by molar-refractivity contribution is -0.114. The summed E-state index contributed by atoms with van der Waals surface area (Å²) in [5.74, 6) is 1.43. The molecule has 1 heterocycles. The van der Waals surface area contributed by atoms with Crippen molar-refractivity contribution in [1.29, 1.82) is 0 Å². The Morgan fingerprint density at radius 1 is 1.03 bits per heavy atom. The van der Waals surface area contributed by atoms with E-state index < -0.39 is 0 Å². The number of rotatable bonds is 8. The highest BCUT2D eigenvalue weighted by Gasteiger charge is 2.20. The quantitative estimate of drug-likeness (QED) is 0.677. The van der Waals surface area contributed by atoms with Gasteiger partial charge in [0.05, 0.1) is 14.2 Å². The van der Waals surface area contributed by atoms with E-state index in [9.17, 15) is 9.59 Å². The monoisotopic (exact) mass is 425 g/mol. The van der Waals surface area contributed by atoms with Crippen LogP contribution in [0.3, 0.4) is 0 Å². The predicted molar refractivity (Wildman–Crippen MR) is 121 cm³/mol. The summed E-state index contributed by atoms with van der Waals surface area (Å²) in [7, 11) is 3.29. The predicted octanol–water partition coefficient (Wildman–Crippen LogP) is 3.50. The van der Waals surface area contributed by atoms with Crippen LogP contribution in [-0.2, 0) is 17.9 Å². The summed E-state index contributed by atoms with van der Waals surface area (Å²) in [5, 5.41) is 6.22. The minimum Gasteiger partial charge on any atom is -0.496 e. The van der Waals surface area contributed by atoms with Crippen LogP contribution in [-0.4, -0.2) is 44.0 Å². The Kier molecular flexibility index (Phi) is 7.52. The topological polar surface area (TPSA) is 79.9 Å². The minimum absolute atomic E-state index is 0.0124. The van der Waals surface area contributed by atoms with Crippen LogP contribution >= 0.6 is 0 Å². The summed E-state index contributed by atoms with van der Waals surface area (Å²) in [6.07, 6.45) is 2.07. The van der Waals surface area contributed by atoms with Crippen molar-refractivity contribution in [3.05, 3.63) is 52.6 Å². The number of methoxy groups -OCH3 is 2. The van der Waals surface area contributed by atoms with Crippen molar-refractivity contribution < 1.29 is 19.1 Å². The first-order chi connectivity index (χ1) is 14.9. The van der Waals surface area contributed by atoms with E-state index in [1.807, 2.05) is 36.1 Å². The molecule has 2 amide bonds. The van der Waals surface area contributed by atoms with E-state index in [4.69, 9.17) is 9.47 Å². The fraction of sp³-hybridized carbons (Fsp3) is 0.417. The highest BCUT2D eigenvalue weighted by Crippen LogP contribution is 2.31. The number of carbonyl (C=O) groups is 2. The molecule has 0 atom stereocenters. The average molecular weight is 426 g/mol. The normalized spacial score (nSPS) is 13.2. The van der Waals surface area contributed by atoms with Gasteiger partial charge in [-0.2, -0.15) is 0 Å². The van der Waals surface area contributed by atoms with Crippen LogP contribution in [0.5, 0.6) is 11.5 Å². The molecule has 0 aromatic heterocycles. The number of hydrogen-bond acceptors (Lipinski definition) is 5. The van der Waals surface area contributed by atoms with Crippen LogP contribution in [0, 0.1) is 6.92 Å². The van der Waals surface area contributed by atoms with Gasteiger partial charge < -0.3 is 25.0 Å². The van der Waals surface area contributed by atoms with Crippen molar-refractivity contribution in [2.75, 3.05) is 32.6 Å². The zero-order chi connectivity index (χ0) is 22.4. The molecule has 7 nitrogen and oxygen atoms in total. The molecular formula is C24H31N3O4. The molecule has 31 heavy (non-hydrogen) atoms. The Labute approximate surface area is 183 Å². The lowest BCUT2D eigenvalue weighted by Gasteiger charge is -2.18. The highest BCUT2D eigenvalue weighted by atomic mass is 16.5. The van der Waals surface area contributed by atoms with Crippen molar-refractivity contribution in [2.24, 2.45) is 0 Å². The molecule has 0 saturated carbocycles. The van der Waals surface area contributed by atoms with E-state index in [1.165, 1.54) is 6.92 Å². The maximum atomic E-state index is 12.9. The van der Waals surface area contributed by atoms with E-state index in [1.54, 1.807) is 20.3 Å². The standard InChI is InChI=1S/C24H31N3O4/c1-16-22(30-3)8-7-19(23(16)31-4)15-25-14-18-11-20(13-21(12-18)26-17(2)28)24(29)27-9-5-6-10-27/h7-8,11-13,25H,5-6,9-10,14-15H2,1-4H3,(H,26,28). The third kappa shape index (κ3) is 5.55. The minimum atomic E-state index is -0.164. The second-order valence-electron chi connectivity index (χ2n) is 7.79. The molecule has 1 aliphatic rings. The van der Waals surface area contributed by atoms with Gasteiger partial charge in [0.15, 0.2) is 0 Å². The second-order valence-corrected chi connectivity index (χ2v) is 7.79. The van der Waals surface area contributed by atoms with E-state index in [0.29, 0.717) is 24.3 Å². The molecule has 0 spiro atoms. The Morgan fingerprint density at radius 3 is 2.42 bits per heavy atom. The molecule has 3 rings (SSSR count). The van der Waals surface area contributed by atoms with Crippen LogP contribution in [0.4, 0.5) is 5.69 Å². The van der Waals surface area contributed by atoms with Crippen molar-refractivity contribution in [3.8, 4) is 11.5 Å². The van der Waals surface area contributed by atoms with Crippen molar-refractivity contribution in [1.82, 2.24) is 10.2 Å². The Bertz CT molecular complexity index is 952. The molecule has 0 radical (unpaired) electrons. The highest BCUT2D eigenvalue weighted by molar-refractivity contribution is 5.97. The molecule has 1 aliphatic heterocycles. The molecule has 2 aromatic rings. The fourth-order valence-corrected chi connectivity index (χ4v) is 4.01. The van der Waals surface area contributed by atoms with Crippen molar-refractivity contribution in [2.45, 2.75) is 39.8 Å². The van der Waals surface area contributed by atoms with Gasteiger partial charge in [-0.15, -0.1) is 0 Å². The number of ether oxygens (including phenoxy) is 2. The number of benzene rings is 2. The van der Waals surface area contributed by atoms with Crippen LogP contribution in [0.15, 0.2) is 30.3 Å². The number of nitrogens with one attached hydrogen (secondary N) is 2. The van der Waals surface area contributed by atoms with E-state index in [2.05, 4.69) is 10.6 Å². The van der Waals surface area contributed by atoms with Gasteiger partial charge in [0.2, 0.25) is 5.91 Å². The summed E-state index contributed by atoms with van der Waals surface area (Å²) >= 11 is 0. The van der Waals surface area contributed by atoms with Gasteiger partial charge in [0.1, 0.15) is 11.5 Å². The average Bonchev–Trinajstić information content (AvgIpc) is 3.28. The Balaban J connectivity index is 1.76. The van der Waals surface area contributed by atoms with Crippen LogP contribution in [0.2, 0.25) is 0 Å². The first kappa shape index (κ1) is 22.6. The second kappa shape index (κ2) is 10.3. The zero-order valence-corrected chi connectivity index (χ0v) is 18.7. The maximum absolute atomic E-state index is 12.9. The smallest absolute Gasteiger partial charge is 0.253 e. The number of carbonyl (C=O) groups excluding carboxylic acids is 2. The number of nitrogens with zero attached hydrogens (tertiary/aromatic N) is 1. The lowest BCUT2D eigenvalue weighted by atomic mass is 10.1. The van der Waals surface area contributed by atoms with Gasteiger partial charge in [-0.3, -0.25) is 9.59 Å². The summed E-state index contributed by atoms with van der Waals surface area (Å²) in [5.41, 5.74) is 4.13. The third-order valence-corrected chi connectivity index (χ3v) is 5.46. The zero-order valence-electron chi connectivity index (χ0n) is 18.7. The first-order valence-corrected chi connectivity index (χ1v) is 10.5. The van der Waals surface area contributed by atoms with Crippen LogP contribution < -0.4 is 20.1 Å². The number of amides is 2. The van der Waals surface area contributed by atoms with E-state index in [-0.39, 0.29) is 11.8 Å². The fourth-order valence-electron chi connectivity index (χ4n) is 4.01. The third-order valence-electron chi connectivity index (χ3n) is 5.46.